The molecule has 1 aliphatic carbocycles. The van der Waals surface area contributed by atoms with Crippen LogP contribution in [0.5, 0.6) is 0 Å². The zero-order valence-corrected chi connectivity index (χ0v) is 12.0. The van der Waals surface area contributed by atoms with Gasteiger partial charge in [-0.3, -0.25) is 9.78 Å². The number of anilines is 1. The van der Waals surface area contributed by atoms with E-state index in [9.17, 15) is 4.79 Å². The lowest BCUT2D eigenvalue weighted by molar-refractivity contribution is 0.0931. The summed E-state index contributed by atoms with van der Waals surface area (Å²) in [6.45, 7) is 7.37. The quantitative estimate of drug-likeness (QED) is 0.876. The monoisotopic (exact) mass is 261 g/mol. The van der Waals surface area contributed by atoms with E-state index in [0.29, 0.717) is 11.1 Å². The lowest BCUT2D eigenvalue weighted by Gasteiger charge is -2.17. The van der Waals surface area contributed by atoms with Crippen LogP contribution in [0, 0.1) is 5.41 Å². The number of pyridine rings is 1. The van der Waals surface area contributed by atoms with Crippen LogP contribution in [-0.4, -0.2) is 23.5 Å². The molecule has 1 heterocycles. The third-order valence-corrected chi connectivity index (χ3v) is 3.68. The van der Waals surface area contributed by atoms with Gasteiger partial charge in [-0.25, -0.2) is 0 Å². The third kappa shape index (κ3) is 3.69. The Bertz CT molecular complexity index is 456. The standard InChI is InChI=1S/C15H23N3O/c1-4-16-11-6-8-17-13(9-11)14(19)18-12-5-7-15(2,3)10-12/h6,8-9,12H,4-5,7,10H2,1-3H3,(H,16,17)(H,18,19). The van der Waals surface area contributed by atoms with Gasteiger partial charge < -0.3 is 10.6 Å². The molecule has 1 atom stereocenters. The number of nitrogens with one attached hydrogen (secondary N) is 2. The predicted molar refractivity (Wildman–Crippen MR) is 77.3 cm³/mol. The second kappa shape index (κ2) is 5.59. The Morgan fingerprint density at radius 3 is 2.95 bits per heavy atom. The van der Waals surface area contributed by atoms with E-state index < -0.39 is 0 Å². The Balaban J connectivity index is 1.98. The van der Waals surface area contributed by atoms with Crippen molar-refractivity contribution in [2.24, 2.45) is 5.41 Å². The van der Waals surface area contributed by atoms with E-state index in [2.05, 4.69) is 29.5 Å². The van der Waals surface area contributed by atoms with Crippen LogP contribution in [0.2, 0.25) is 0 Å². The van der Waals surface area contributed by atoms with Crippen molar-refractivity contribution >= 4 is 11.6 Å². The van der Waals surface area contributed by atoms with Crippen LogP contribution in [0.25, 0.3) is 0 Å². The highest BCUT2D eigenvalue weighted by atomic mass is 16.1. The molecule has 1 amide bonds. The van der Waals surface area contributed by atoms with Gasteiger partial charge in [0.2, 0.25) is 0 Å². The molecule has 1 fully saturated rings. The molecule has 2 rings (SSSR count). The largest absolute Gasteiger partial charge is 0.385 e. The van der Waals surface area contributed by atoms with Gasteiger partial charge >= 0.3 is 0 Å². The molecule has 0 bridgehead atoms. The van der Waals surface area contributed by atoms with E-state index in [-0.39, 0.29) is 11.9 Å². The van der Waals surface area contributed by atoms with Crippen LogP contribution in [-0.2, 0) is 0 Å². The first-order valence-electron chi connectivity index (χ1n) is 7.01. The molecule has 0 saturated heterocycles. The number of hydrogen-bond donors (Lipinski definition) is 2. The topological polar surface area (TPSA) is 54.0 Å². The minimum Gasteiger partial charge on any atom is -0.385 e. The zero-order chi connectivity index (χ0) is 13.9. The van der Waals surface area contributed by atoms with Crippen molar-refractivity contribution in [2.75, 3.05) is 11.9 Å². The third-order valence-electron chi connectivity index (χ3n) is 3.68. The van der Waals surface area contributed by atoms with Crippen molar-refractivity contribution in [2.45, 2.75) is 46.1 Å². The molecule has 1 unspecified atom stereocenters. The van der Waals surface area contributed by atoms with Gasteiger partial charge in [-0.05, 0) is 43.7 Å². The van der Waals surface area contributed by atoms with Gasteiger partial charge in [-0.1, -0.05) is 13.8 Å². The average molecular weight is 261 g/mol. The van der Waals surface area contributed by atoms with E-state index in [1.165, 1.54) is 6.42 Å². The minimum atomic E-state index is -0.0672. The molecule has 1 aromatic rings. The van der Waals surface area contributed by atoms with Crippen LogP contribution in [0.1, 0.15) is 50.5 Å². The highest BCUT2D eigenvalue weighted by molar-refractivity contribution is 5.93. The van der Waals surface area contributed by atoms with Crippen molar-refractivity contribution in [1.29, 1.82) is 0 Å². The molecular weight excluding hydrogens is 238 g/mol. The zero-order valence-electron chi connectivity index (χ0n) is 12.0. The Hall–Kier alpha value is -1.58. The van der Waals surface area contributed by atoms with Crippen molar-refractivity contribution < 1.29 is 4.79 Å². The predicted octanol–water partition coefficient (Wildman–Crippen LogP) is 2.82. The van der Waals surface area contributed by atoms with Gasteiger partial charge in [-0.2, -0.15) is 0 Å². The second-order valence-electron chi connectivity index (χ2n) is 6.04. The van der Waals surface area contributed by atoms with Crippen molar-refractivity contribution in [3.05, 3.63) is 24.0 Å². The minimum absolute atomic E-state index is 0.0672. The van der Waals surface area contributed by atoms with E-state index in [1.54, 1.807) is 12.3 Å². The fraction of sp³-hybridized carbons (Fsp3) is 0.600. The first-order chi connectivity index (χ1) is 9.00. The molecule has 0 aliphatic heterocycles. The summed E-state index contributed by atoms with van der Waals surface area (Å²) < 4.78 is 0. The Morgan fingerprint density at radius 2 is 2.32 bits per heavy atom. The Kier molecular flexibility index (Phi) is 4.08. The molecule has 0 spiro atoms. The molecule has 104 valence electrons. The van der Waals surface area contributed by atoms with E-state index in [1.807, 2.05) is 13.0 Å². The fourth-order valence-electron chi connectivity index (χ4n) is 2.69. The van der Waals surface area contributed by atoms with Crippen LogP contribution in [0.3, 0.4) is 0 Å². The average Bonchev–Trinajstić information content (AvgIpc) is 2.69. The summed E-state index contributed by atoms with van der Waals surface area (Å²) in [4.78, 5) is 16.3. The molecule has 1 aromatic heterocycles. The molecule has 1 aliphatic rings. The molecule has 4 nitrogen and oxygen atoms in total. The number of carbonyl (C=O) groups excluding carboxylic acids is 1. The van der Waals surface area contributed by atoms with Crippen molar-refractivity contribution in [3.8, 4) is 0 Å². The number of nitrogens with zero attached hydrogens (tertiary/aromatic N) is 1. The Labute approximate surface area is 115 Å². The number of hydrogen-bond acceptors (Lipinski definition) is 3. The SMILES string of the molecule is CCNc1ccnc(C(=O)NC2CCC(C)(C)C2)c1. The number of amides is 1. The molecule has 2 N–H and O–H groups in total. The first-order valence-corrected chi connectivity index (χ1v) is 7.01. The van der Waals surface area contributed by atoms with Crippen molar-refractivity contribution in [1.82, 2.24) is 10.3 Å². The summed E-state index contributed by atoms with van der Waals surface area (Å²) in [6, 6.07) is 3.96. The molecule has 1 saturated carbocycles. The van der Waals surface area contributed by atoms with Gasteiger partial charge in [0.15, 0.2) is 0 Å². The van der Waals surface area contributed by atoms with E-state index >= 15 is 0 Å². The summed E-state index contributed by atoms with van der Waals surface area (Å²) in [5.41, 5.74) is 1.77. The van der Waals surface area contributed by atoms with Crippen LogP contribution >= 0.6 is 0 Å². The number of aromatic nitrogens is 1. The lowest BCUT2D eigenvalue weighted by Crippen LogP contribution is -2.34. The molecule has 19 heavy (non-hydrogen) atoms. The summed E-state index contributed by atoms with van der Waals surface area (Å²) >= 11 is 0. The number of carbonyl (C=O) groups is 1. The van der Waals surface area contributed by atoms with Crippen LogP contribution < -0.4 is 10.6 Å². The first kappa shape index (κ1) is 13.8. The summed E-state index contributed by atoms with van der Waals surface area (Å²) in [7, 11) is 0. The highest BCUT2D eigenvalue weighted by Crippen LogP contribution is 2.36. The van der Waals surface area contributed by atoms with Crippen LogP contribution in [0.15, 0.2) is 18.3 Å². The summed E-state index contributed by atoms with van der Waals surface area (Å²) in [5, 5.41) is 6.28. The normalized spacial score (nSPS) is 21.1. The smallest absolute Gasteiger partial charge is 0.270 e. The molecular formula is C15H23N3O. The fourth-order valence-corrected chi connectivity index (χ4v) is 2.69. The maximum Gasteiger partial charge on any atom is 0.270 e. The van der Waals surface area contributed by atoms with Gasteiger partial charge in [0, 0.05) is 24.5 Å². The van der Waals surface area contributed by atoms with Gasteiger partial charge in [0.25, 0.3) is 5.91 Å². The number of rotatable bonds is 4. The lowest BCUT2D eigenvalue weighted by atomic mass is 9.92. The summed E-state index contributed by atoms with van der Waals surface area (Å²) in [6.07, 6.45) is 4.95. The van der Waals surface area contributed by atoms with Crippen molar-refractivity contribution in [3.63, 3.8) is 0 Å². The van der Waals surface area contributed by atoms with E-state index in [0.717, 1.165) is 25.1 Å². The summed E-state index contributed by atoms with van der Waals surface area (Å²) in [5.74, 6) is -0.0672. The van der Waals surface area contributed by atoms with Gasteiger partial charge in [0.05, 0.1) is 0 Å². The van der Waals surface area contributed by atoms with Gasteiger partial charge in [-0.15, -0.1) is 0 Å². The highest BCUT2D eigenvalue weighted by Gasteiger charge is 2.31. The molecule has 0 radical (unpaired) electrons. The van der Waals surface area contributed by atoms with Gasteiger partial charge in [0.1, 0.15) is 5.69 Å². The molecule has 4 heteroatoms. The van der Waals surface area contributed by atoms with E-state index in [4.69, 9.17) is 0 Å². The Morgan fingerprint density at radius 1 is 1.53 bits per heavy atom. The van der Waals surface area contributed by atoms with Crippen LogP contribution in [0.4, 0.5) is 5.69 Å². The maximum atomic E-state index is 12.2. The maximum absolute atomic E-state index is 12.2. The molecule has 0 aromatic carbocycles. The second-order valence-corrected chi connectivity index (χ2v) is 6.04.